The summed E-state index contributed by atoms with van der Waals surface area (Å²) in [6.45, 7) is 9.27. The summed E-state index contributed by atoms with van der Waals surface area (Å²) in [6, 6.07) is 0. The van der Waals surface area contributed by atoms with E-state index in [9.17, 15) is 4.79 Å². The zero-order valence-electron chi connectivity index (χ0n) is 11.4. The molecule has 0 saturated heterocycles. The van der Waals surface area contributed by atoms with Crippen LogP contribution >= 0.6 is 0 Å². The molecule has 0 saturated carbocycles. The summed E-state index contributed by atoms with van der Waals surface area (Å²) in [5.41, 5.74) is 1.36. The number of hydrogen-bond acceptors (Lipinski definition) is 2. The van der Waals surface area contributed by atoms with Gasteiger partial charge in [-0.3, -0.25) is 4.79 Å². The third-order valence-electron chi connectivity index (χ3n) is 3.08. The summed E-state index contributed by atoms with van der Waals surface area (Å²) in [5, 5.41) is 6.29. The van der Waals surface area contributed by atoms with Gasteiger partial charge in [-0.1, -0.05) is 32.4 Å². The van der Waals surface area contributed by atoms with E-state index < -0.39 is 0 Å². The molecule has 0 aromatic carbocycles. The zero-order valence-corrected chi connectivity index (χ0v) is 11.4. The van der Waals surface area contributed by atoms with Crippen molar-refractivity contribution >= 4 is 5.91 Å². The molecule has 3 nitrogen and oxygen atoms in total. The van der Waals surface area contributed by atoms with E-state index >= 15 is 0 Å². The molecule has 1 aliphatic rings. The Morgan fingerprint density at radius 2 is 2.24 bits per heavy atom. The first-order valence-corrected chi connectivity index (χ1v) is 6.73. The molecular weight excluding hydrogens is 212 g/mol. The highest BCUT2D eigenvalue weighted by molar-refractivity contribution is 5.76. The molecule has 0 spiro atoms. The van der Waals surface area contributed by atoms with Crippen LogP contribution in [0.2, 0.25) is 0 Å². The quantitative estimate of drug-likeness (QED) is 0.696. The van der Waals surface area contributed by atoms with Crippen LogP contribution in [-0.2, 0) is 4.79 Å². The van der Waals surface area contributed by atoms with Gasteiger partial charge in [-0.05, 0) is 31.2 Å². The number of carbonyl (C=O) groups is 1. The molecule has 0 radical (unpaired) electrons. The van der Waals surface area contributed by atoms with Crippen molar-refractivity contribution in [3.05, 3.63) is 11.6 Å². The summed E-state index contributed by atoms with van der Waals surface area (Å²) < 4.78 is 0. The molecule has 0 aliphatic carbocycles. The summed E-state index contributed by atoms with van der Waals surface area (Å²) in [7, 11) is 0. The molecule has 0 aromatic heterocycles. The fourth-order valence-electron chi connectivity index (χ4n) is 2.32. The monoisotopic (exact) mass is 238 g/mol. The van der Waals surface area contributed by atoms with Crippen LogP contribution in [0.3, 0.4) is 0 Å². The second-order valence-corrected chi connectivity index (χ2v) is 5.53. The number of carbonyl (C=O) groups excluding carboxylic acids is 1. The predicted molar refractivity (Wildman–Crippen MR) is 71.8 cm³/mol. The van der Waals surface area contributed by atoms with E-state index in [1.807, 2.05) is 0 Å². The van der Waals surface area contributed by atoms with Gasteiger partial charge in [0, 0.05) is 19.5 Å². The highest BCUT2D eigenvalue weighted by Crippen LogP contribution is 2.14. The van der Waals surface area contributed by atoms with Crippen LogP contribution in [0.25, 0.3) is 0 Å². The summed E-state index contributed by atoms with van der Waals surface area (Å²) in [4.78, 5) is 11.7. The highest BCUT2D eigenvalue weighted by atomic mass is 16.1. The van der Waals surface area contributed by atoms with E-state index in [0.717, 1.165) is 32.5 Å². The Bertz CT molecular complexity index is 271. The van der Waals surface area contributed by atoms with E-state index in [-0.39, 0.29) is 5.91 Å². The van der Waals surface area contributed by atoms with Gasteiger partial charge in [0.25, 0.3) is 0 Å². The largest absolute Gasteiger partial charge is 0.352 e. The Hall–Kier alpha value is -0.830. The van der Waals surface area contributed by atoms with Gasteiger partial charge in [-0.15, -0.1) is 0 Å². The maximum Gasteiger partial charge on any atom is 0.220 e. The molecule has 1 aliphatic heterocycles. The average molecular weight is 238 g/mol. The molecule has 17 heavy (non-hydrogen) atoms. The van der Waals surface area contributed by atoms with Gasteiger partial charge in [0.2, 0.25) is 5.91 Å². The summed E-state index contributed by atoms with van der Waals surface area (Å²) >= 11 is 0. The molecule has 0 aromatic rings. The lowest BCUT2D eigenvalue weighted by atomic mass is 9.96. The van der Waals surface area contributed by atoms with Crippen LogP contribution in [0, 0.1) is 11.8 Å². The smallest absolute Gasteiger partial charge is 0.220 e. The second kappa shape index (κ2) is 7.49. The van der Waals surface area contributed by atoms with Crippen molar-refractivity contribution in [1.29, 1.82) is 0 Å². The first kappa shape index (κ1) is 14.2. The van der Waals surface area contributed by atoms with Gasteiger partial charge < -0.3 is 10.6 Å². The molecular formula is C14H26N2O. The van der Waals surface area contributed by atoms with Crippen LogP contribution in [0.15, 0.2) is 11.6 Å². The molecule has 0 bridgehead atoms. The van der Waals surface area contributed by atoms with Crippen molar-refractivity contribution in [2.75, 3.05) is 19.6 Å². The van der Waals surface area contributed by atoms with Gasteiger partial charge in [0.1, 0.15) is 0 Å². The van der Waals surface area contributed by atoms with E-state index in [0.29, 0.717) is 18.3 Å². The van der Waals surface area contributed by atoms with Crippen molar-refractivity contribution < 1.29 is 4.79 Å². The average Bonchev–Trinajstić information content (AvgIpc) is 2.26. The van der Waals surface area contributed by atoms with Gasteiger partial charge in [-0.25, -0.2) is 0 Å². The van der Waals surface area contributed by atoms with E-state index in [1.165, 1.54) is 5.57 Å². The fraction of sp³-hybridized carbons (Fsp3) is 0.786. The molecule has 1 heterocycles. The first-order chi connectivity index (χ1) is 8.08. The number of hydrogen-bond donors (Lipinski definition) is 2. The molecule has 1 unspecified atom stereocenters. The lowest BCUT2D eigenvalue weighted by molar-refractivity contribution is -0.121. The van der Waals surface area contributed by atoms with Crippen molar-refractivity contribution in [2.24, 2.45) is 11.8 Å². The van der Waals surface area contributed by atoms with Crippen LogP contribution in [0.4, 0.5) is 0 Å². The molecule has 1 rings (SSSR count). The van der Waals surface area contributed by atoms with Crippen LogP contribution in [-0.4, -0.2) is 25.5 Å². The first-order valence-electron chi connectivity index (χ1n) is 6.73. The standard InChI is InChI=1S/C14H26N2O/c1-11(2)8-12(3)9-14(17)16-10-13-4-6-15-7-5-13/h4,11-12,15H,5-10H2,1-3H3,(H,16,17). The van der Waals surface area contributed by atoms with Gasteiger partial charge in [0.05, 0.1) is 0 Å². The molecule has 1 amide bonds. The minimum absolute atomic E-state index is 0.192. The van der Waals surface area contributed by atoms with E-state index in [2.05, 4.69) is 37.5 Å². The van der Waals surface area contributed by atoms with Gasteiger partial charge in [0.15, 0.2) is 0 Å². The molecule has 1 atom stereocenters. The van der Waals surface area contributed by atoms with Gasteiger partial charge in [-0.2, -0.15) is 0 Å². The van der Waals surface area contributed by atoms with E-state index in [4.69, 9.17) is 0 Å². The second-order valence-electron chi connectivity index (χ2n) is 5.53. The number of amides is 1. The lowest BCUT2D eigenvalue weighted by Gasteiger charge is -2.16. The van der Waals surface area contributed by atoms with E-state index in [1.54, 1.807) is 0 Å². The molecule has 98 valence electrons. The molecule has 3 heteroatoms. The summed E-state index contributed by atoms with van der Waals surface area (Å²) in [6.07, 6.45) is 5.02. The Morgan fingerprint density at radius 3 is 2.82 bits per heavy atom. The molecule has 2 N–H and O–H groups in total. The maximum atomic E-state index is 11.7. The van der Waals surface area contributed by atoms with Crippen molar-refractivity contribution in [1.82, 2.24) is 10.6 Å². The number of nitrogens with one attached hydrogen (secondary N) is 2. The molecule has 0 fully saturated rings. The Balaban J connectivity index is 2.18. The highest BCUT2D eigenvalue weighted by Gasteiger charge is 2.11. The van der Waals surface area contributed by atoms with Crippen LogP contribution < -0.4 is 10.6 Å². The van der Waals surface area contributed by atoms with Crippen LogP contribution in [0.5, 0.6) is 0 Å². The van der Waals surface area contributed by atoms with Crippen LogP contribution in [0.1, 0.15) is 40.0 Å². The van der Waals surface area contributed by atoms with Crippen molar-refractivity contribution in [2.45, 2.75) is 40.0 Å². The third kappa shape index (κ3) is 6.47. The minimum Gasteiger partial charge on any atom is -0.352 e. The lowest BCUT2D eigenvalue weighted by Crippen LogP contribution is -2.30. The third-order valence-corrected chi connectivity index (χ3v) is 3.08. The van der Waals surface area contributed by atoms with Gasteiger partial charge >= 0.3 is 0 Å². The predicted octanol–water partition coefficient (Wildman–Crippen LogP) is 2.09. The minimum atomic E-state index is 0.192. The summed E-state index contributed by atoms with van der Waals surface area (Å²) in [5.74, 6) is 1.35. The Morgan fingerprint density at radius 1 is 1.47 bits per heavy atom. The maximum absolute atomic E-state index is 11.7. The Labute approximate surface area is 105 Å². The SMILES string of the molecule is CC(C)CC(C)CC(=O)NCC1=CCNCC1. The fourth-order valence-corrected chi connectivity index (χ4v) is 2.32. The number of rotatable bonds is 6. The zero-order chi connectivity index (χ0) is 12.7. The van der Waals surface area contributed by atoms with Crippen molar-refractivity contribution in [3.8, 4) is 0 Å². The normalized spacial score (nSPS) is 17.8. The van der Waals surface area contributed by atoms with Crippen molar-refractivity contribution in [3.63, 3.8) is 0 Å². The topological polar surface area (TPSA) is 41.1 Å². The Kier molecular flexibility index (Phi) is 6.27.